The molecule has 0 spiro atoms. The lowest BCUT2D eigenvalue weighted by Gasteiger charge is -2.29. The van der Waals surface area contributed by atoms with Crippen molar-refractivity contribution < 1.29 is 14.3 Å². The van der Waals surface area contributed by atoms with Crippen molar-refractivity contribution in [2.24, 2.45) is 0 Å². The fourth-order valence-corrected chi connectivity index (χ4v) is 4.15. The summed E-state index contributed by atoms with van der Waals surface area (Å²) in [5.74, 6) is 0.745. The minimum atomic E-state index is -0.571. The van der Waals surface area contributed by atoms with Gasteiger partial charge in [-0.1, -0.05) is 72.3 Å². The number of anilines is 1. The number of carbonyl (C=O) groups excluding carboxylic acids is 1. The molecule has 0 saturated heterocycles. The summed E-state index contributed by atoms with van der Waals surface area (Å²) in [5.41, 5.74) is 3.76. The molecule has 0 aliphatic carbocycles. The van der Waals surface area contributed by atoms with Crippen LogP contribution in [0.2, 0.25) is 5.02 Å². The molecule has 4 aromatic rings. The lowest BCUT2D eigenvalue weighted by atomic mass is 9.95. The van der Waals surface area contributed by atoms with Crippen LogP contribution in [0.25, 0.3) is 0 Å². The highest BCUT2D eigenvalue weighted by molar-refractivity contribution is 6.30. The number of ether oxygens (including phenoxy) is 2. The van der Waals surface area contributed by atoms with Crippen LogP contribution in [0.15, 0.2) is 96.5 Å². The monoisotopic (exact) mass is 486 g/mol. The highest BCUT2D eigenvalue weighted by Crippen LogP contribution is 2.39. The first-order valence-corrected chi connectivity index (χ1v) is 11.5. The SMILES string of the molecule is CC1=C(C(=O)OCc2ccccc2)C(c2ccccc2OCc2ccc(Cl)cc2)n2ncnc2N1. The minimum absolute atomic E-state index is 0.169. The maximum absolute atomic E-state index is 13.4. The van der Waals surface area contributed by atoms with Crippen LogP contribution < -0.4 is 10.1 Å². The smallest absolute Gasteiger partial charge is 0.338 e. The van der Waals surface area contributed by atoms with Crippen LogP contribution in [0.4, 0.5) is 5.95 Å². The third-order valence-electron chi connectivity index (χ3n) is 5.75. The van der Waals surface area contributed by atoms with Crippen molar-refractivity contribution >= 4 is 23.5 Å². The van der Waals surface area contributed by atoms with Gasteiger partial charge in [0, 0.05) is 16.3 Å². The van der Waals surface area contributed by atoms with E-state index in [4.69, 9.17) is 21.1 Å². The van der Waals surface area contributed by atoms with Crippen molar-refractivity contribution in [2.45, 2.75) is 26.2 Å². The predicted molar refractivity (Wildman–Crippen MR) is 133 cm³/mol. The Bertz CT molecular complexity index is 1370. The summed E-state index contributed by atoms with van der Waals surface area (Å²) >= 11 is 6.01. The van der Waals surface area contributed by atoms with Crippen molar-refractivity contribution in [3.63, 3.8) is 0 Å². The van der Waals surface area contributed by atoms with E-state index in [9.17, 15) is 4.79 Å². The van der Waals surface area contributed by atoms with E-state index in [1.54, 1.807) is 4.68 Å². The van der Waals surface area contributed by atoms with Gasteiger partial charge in [-0.3, -0.25) is 0 Å². The van der Waals surface area contributed by atoms with E-state index >= 15 is 0 Å². The van der Waals surface area contributed by atoms with E-state index in [1.807, 2.05) is 85.8 Å². The van der Waals surface area contributed by atoms with Gasteiger partial charge >= 0.3 is 5.97 Å². The average molecular weight is 487 g/mol. The predicted octanol–water partition coefficient (Wildman–Crippen LogP) is 5.54. The van der Waals surface area contributed by atoms with E-state index in [0.29, 0.717) is 34.6 Å². The maximum Gasteiger partial charge on any atom is 0.338 e. The normalized spacial score (nSPS) is 14.7. The second kappa shape index (κ2) is 10.0. The molecule has 0 saturated carbocycles. The van der Waals surface area contributed by atoms with Gasteiger partial charge in [0.15, 0.2) is 0 Å². The summed E-state index contributed by atoms with van der Waals surface area (Å²) in [6, 6.07) is 24.1. The summed E-state index contributed by atoms with van der Waals surface area (Å²) < 4.78 is 13.6. The molecule has 0 bridgehead atoms. The number of aromatic nitrogens is 3. The standard InChI is InChI=1S/C27H23ClN4O3/c1-18-24(26(33)35-16-19-7-3-2-4-8-19)25(32-27(31-18)29-17-30-32)22-9-5-6-10-23(22)34-15-20-11-13-21(28)14-12-20/h2-14,17,25H,15-16H2,1H3,(H,29,30,31). The molecule has 0 fully saturated rings. The maximum atomic E-state index is 13.4. The molecule has 7 nitrogen and oxygen atoms in total. The van der Waals surface area contributed by atoms with Crippen molar-refractivity contribution in [1.82, 2.24) is 14.8 Å². The number of halogens is 1. The number of benzene rings is 3. The Labute approximate surface area is 208 Å². The molecule has 1 aliphatic rings. The molecule has 1 aromatic heterocycles. The van der Waals surface area contributed by atoms with E-state index in [1.165, 1.54) is 6.33 Å². The number of hydrogen-bond donors (Lipinski definition) is 1. The molecule has 176 valence electrons. The Kier molecular flexibility index (Phi) is 6.50. The lowest BCUT2D eigenvalue weighted by Crippen LogP contribution is -2.30. The average Bonchev–Trinajstić information content (AvgIpc) is 3.35. The first kappa shape index (κ1) is 22.7. The third kappa shape index (κ3) is 4.90. The zero-order chi connectivity index (χ0) is 24.2. The zero-order valence-electron chi connectivity index (χ0n) is 19.0. The fourth-order valence-electron chi connectivity index (χ4n) is 4.02. The van der Waals surface area contributed by atoms with Gasteiger partial charge < -0.3 is 14.8 Å². The van der Waals surface area contributed by atoms with Crippen LogP contribution in [0.3, 0.4) is 0 Å². The van der Waals surface area contributed by atoms with Gasteiger partial charge in [-0.25, -0.2) is 9.48 Å². The Morgan fingerprint density at radius 3 is 2.49 bits per heavy atom. The summed E-state index contributed by atoms with van der Waals surface area (Å²) in [7, 11) is 0. The van der Waals surface area contributed by atoms with E-state index in [-0.39, 0.29) is 6.61 Å². The number of carbonyl (C=O) groups is 1. The van der Waals surface area contributed by atoms with Crippen LogP contribution in [-0.2, 0) is 22.7 Å². The Balaban J connectivity index is 1.46. The lowest BCUT2D eigenvalue weighted by molar-refractivity contribution is -0.140. The number of nitrogens with one attached hydrogen (secondary N) is 1. The first-order chi connectivity index (χ1) is 17.1. The van der Waals surface area contributed by atoms with Crippen molar-refractivity contribution in [1.29, 1.82) is 0 Å². The second-order valence-electron chi connectivity index (χ2n) is 8.11. The molecule has 8 heteroatoms. The number of rotatable bonds is 7. The highest BCUT2D eigenvalue weighted by Gasteiger charge is 2.36. The number of hydrogen-bond acceptors (Lipinski definition) is 6. The van der Waals surface area contributed by atoms with Gasteiger partial charge in [-0.05, 0) is 36.2 Å². The van der Waals surface area contributed by atoms with Gasteiger partial charge in [-0.15, -0.1) is 0 Å². The van der Waals surface area contributed by atoms with Crippen molar-refractivity contribution in [3.05, 3.63) is 118 Å². The summed E-state index contributed by atoms with van der Waals surface area (Å²) in [6.07, 6.45) is 1.46. The largest absolute Gasteiger partial charge is 0.489 e. The molecular weight excluding hydrogens is 464 g/mol. The van der Waals surface area contributed by atoms with Crippen LogP contribution in [0.1, 0.15) is 29.7 Å². The molecule has 2 heterocycles. The molecule has 0 radical (unpaired) electrons. The molecule has 0 amide bonds. The Hall–Kier alpha value is -4.10. The Morgan fingerprint density at radius 2 is 1.69 bits per heavy atom. The zero-order valence-corrected chi connectivity index (χ0v) is 19.8. The minimum Gasteiger partial charge on any atom is -0.489 e. The van der Waals surface area contributed by atoms with Gasteiger partial charge in [0.25, 0.3) is 0 Å². The van der Waals surface area contributed by atoms with Gasteiger partial charge in [0.05, 0.1) is 5.57 Å². The molecule has 5 rings (SSSR count). The number of allylic oxidation sites excluding steroid dienone is 1. The third-order valence-corrected chi connectivity index (χ3v) is 6.00. The number of fused-ring (bicyclic) bond motifs is 1. The van der Waals surface area contributed by atoms with Crippen LogP contribution in [-0.4, -0.2) is 20.7 Å². The van der Waals surface area contributed by atoms with Crippen molar-refractivity contribution in [3.8, 4) is 5.75 Å². The quantitative estimate of drug-likeness (QED) is 0.345. The molecule has 1 N–H and O–H groups in total. The highest BCUT2D eigenvalue weighted by atomic mass is 35.5. The molecule has 1 unspecified atom stereocenters. The van der Waals surface area contributed by atoms with E-state index < -0.39 is 12.0 Å². The molecule has 1 aliphatic heterocycles. The molecule has 1 atom stereocenters. The summed E-state index contributed by atoms with van der Waals surface area (Å²) in [6.45, 7) is 2.35. The summed E-state index contributed by atoms with van der Waals surface area (Å²) in [4.78, 5) is 17.7. The van der Waals surface area contributed by atoms with Crippen molar-refractivity contribution in [2.75, 3.05) is 5.32 Å². The second-order valence-corrected chi connectivity index (χ2v) is 8.55. The van der Waals surface area contributed by atoms with E-state index in [0.717, 1.165) is 16.7 Å². The molecular formula is C27H23ClN4O3. The summed E-state index contributed by atoms with van der Waals surface area (Å²) in [5, 5.41) is 8.23. The molecule has 35 heavy (non-hydrogen) atoms. The van der Waals surface area contributed by atoms with Crippen LogP contribution >= 0.6 is 11.6 Å². The van der Waals surface area contributed by atoms with Crippen LogP contribution in [0.5, 0.6) is 5.75 Å². The molecule has 3 aromatic carbocycles. The van der Waals surface area contributed by atoms with Gasteiger partial charge in [-0.2, -0.15) is 10.1 Å². The number of esters is 1. The topological polar surface area (TPSA) is 78.3 Å². The number of para-hydroxylation sites is 1. The van der Waals surface area contributed by atoms with Gasteiger partial charge in [0.2, 0.25) is 5.95 Å². The Morgan fingerprint density at radius 1 is 0.971 bits per heavy atom. The fraction of sp³-hybridized carbons (Fsp3) is 0.148. The van der Waals surface area contributed by atoms with Gasteiger partial charge in [0.1, 0.15) is 31.3 Å². The first-order valence-electron chi connectivity index (χ1n) is 11.1. The van der Waals surface area contributed by atoms with Crippen LogP contribution in [0, 0.1) is 0 Å². The number of nitrogens with zero attached hydrogens (tertiary/aromatic N) is 3. The van der Waals surface area contributed by atoms with E-state index in [2.05, 4.69) is 15.4 Å².